The first kappa shape index (κ1) is 23.2. The number of aromatic nitrogens is 3. The highest BCUT2D eigenvalue weighted by Gasteiger charge is 2.29. The quantitative estimate of drug-likeness (QED) is 0.255. The van der Waals surface area contributed by atoms with Gasteiger partial charge in [-0.25, -0.2) is 0 Å². The molecule has 2 aromatic rings. The Morgan fingerprint density at radius 2 is 1.67 bits per heavy atom. The third-order valence-corrected chi connectivity index (χ3v) is 3.81. The van der Waals surface area contributed by atoms with Gasteiger partial charge in [0.25, 0.3) is 0 Å². The molecule has 0 amide bonds. The van der Waals surface area contributed by atoms with Crippen molar-refractivity contribution in [2.45, 2.75) is 32.0 Å². The van der Waals surface area contributed by atoms with Crippen LogP contribution in [0.5, 0.6) is 0 Å². The fourth-order valence-electron chi connectivity index (χ4n) is 2.37. The lowest BCUT2D eigenvalue weighted by Crippen LogP contribution is -2.38. The van der Waals surface area contributed by atoms with Crippen LogP contribution in [0.25, 0.3) is 0 Å². The number of aliphatic imine (C=N–C) groups is 1. The largest absolute Gasteiger partial charge is 0.416 e. The summed E-state index contributed by atoms with van der Waals surface area (Å²) >= 11 is 0. The molecule has 0 unspecified atom stereocenters. The molecule has 2 rings (SSSR count). The van der Waals surface area contributed by atoms with Crippen molar-refractivity contribution in [2.24, 2.45) is 4.99 Å². The highest BCUT2D eigenvalue weighted by atomic mass is 127. The van der Waals surface area contributed by atoms with Crippen molar-refractivity contribution in [1.29, 1.82) is 0 Å². The molecular formula is C17H24F3IN6. The number of benzene rings is 1. The smallest absolute Gasteiger partial charge is 0.356 e. The lowest BCUT2D eigenvalue weighted by Gasteiger charge is -2.12. The van der Waals surface area contributed by atoms with Gasteiger partial charge in [-0.15, -0.1) is 34.2 Å². The fraction of sp³-hybridized carbons (Fsp3) is 0.471. The summed E-state index contributed by atoms with van der Waals surface area (Å²) in [5, 5.41) is 13.9. The number of nitrogens with zero attached hydrogens (tertiary/aromatic N) is 4. The van der Waals surface area contributed by atoms with Gasteiger partial charge in [0.1, 0.15) is 12.7 Å². The van der Waals surface area contributed by atoms with Gasteiger partial charge < -0.3 is 15.2 Å². The second-order valence-electron chi connectivity index (χ2n) is 5.78. The summed E-state index contributed by atoms with van der Waals surface area (Å²) < 4.78 is 39.5. The number of guanidine groups is 1. The van der Waals surface area contributed by atoms with Crippen LogP contribution in [-0.4, -0.2) is 40.9 Å². The molecule has 150 valence electrons. The van der Waals surface area contributed by atoms with Crippen molar-refractivity contribution in [2.75, 3.05) is 20.1 Å². The van der Waals surface area contributed by atoms with Crippen molar-refractivity contribution in [3.63, 3.8) is 0 Å². The minimum Gasteiger partial charge on any atom is -0.356 e. The lowest BCUT2D eigenvalue weighted by molar-refractivity contribution is -0.137. The molecule has 2 N–H and O–H groups in total. The number of hydrogen-bond acceptors (Lipinski definition) is 3. The summed E-state index contributed by atoms with van der Waals surface area (Å²) in [5.74, 6) is 0.682. The van der Waals surface area contributed by atoms with E-state index in [-0.39, 0.29) is 24.0 Å². The van der Waals surface area contributed by atoms with Crippen molar-refractivity contribution in [3.05, 3.63) is 48.0 Å². The summed E-state index contributed by atoms with van der Waals surface area (Å²) in [6.07, 6.45) is 1.67. The number of alkyl halides is 3. The number of halogens is 4. The zero-order valence-electron chi connectivity index (χ0n) is 15.0. The zero-order chi connectivity index (χ0) is 18.8. The van der Waals surface area contributed by atoms with E-state index in [2.05, 4.69) is 25.8 Å². The monoisotopic (exact) mass is 496 g/mol. The Labute approximate surface area is 173 Å². The molecule has 0 fully saturated rings. The van der Waals surface area contributed by atoms with E-state index in [0.29, 0.717) is 18.9 Å². The van der Waals surface area contributed by atoms with E-state index in [1.54, 1.807) is 19.7 Å². The molecule has 0 spiro atoms. The molecule has 0 atom stereocenters. The summed E-state index contributed by atoms with van der Waals surface area (Å²) in [6, 6.07) is 5.23. The minimum atomic E-state index is -4.29. The Balaban J connectivity index is 0.00000364. The van der Waals surface area contributed by atoms with Crippen LogP contribution in [0, 0.1) is 0 Å². The van der Waals surface area contributed by atoms with Crippen LogP contribution in [0.4, 0.5) is 13.2 Å². The molecule has 0 radical (unpaired) electrons. The molecule has 0 aliphatic rings. The highest BCUT2D eigenvalue weighted by molar-refractivity contribution is 14.0. The second-order valence-corrected chi connectivity index (χ2v) is 5.78. The van der Waals surface area contributed by atoms with E-state index in [0.717, 1.165) is 43.6 Å². The second kappa shape index (κ2) is 11.8. The van der Waals surface area contributed by atoms with Crippen LogP contribution < -0.4 is 10.6 Å². The Kier molecular flexibility index (Phi) is 10.1. The fourth-order valence-corrected chi connectivity index (χ4v) is 2.37. The Hall–Kier alpha value is -1.85. The molecule has 10 heteroatoms. The van der Waals surface area contributed by atoms with Crippen LogP contribution in [0.2, 0.25) is 0 Å². The summed E-state index contributed by atoms with van der Waals surface area (Å²) in [6.45, 7) is 2.24. The maximum absolute atomic E-state index is 12.5. The topological polar surface area (TPSA) is 67.1 Å². The average Bonchev–Trinajstić information content (AvgIpc) is 3.13. The molecule has 1 heterocycles. The van der Waals surface area contributed by atoms with Gasteiger partial charge >= 0.3 is 6.18 Å². The molecule has 0 bridgehead atoms. The Morgan fingerprint density at radius 3 is 2.26 bits per heavy atom. The molecule has 0 aliphatic carbocycles. The Bertz CT molecular complexity index is 671. The van der Waals surface area contributed by atoms with E-state index in [4.69, 9.17) is 0 Å². The van der Waals surface area contributed by atoms with Crippen LogP contribution in [-0.2, 0) is 19.1 Å². The molecule has 1 aromatic carbocycles. The van der Waals surface area contributed by atoms with Gasteiger partial charge in [0.05, 0.1) is 5.56 Å². The third kappa shape index (κ3) is 8.59. The Morgan fingerprint density at radius 1 is 1.04 bits per heavy atom. The maximum atomic E-state index is 12.5. The van der Waals surface area contributed by atoms with Gasteiger partial charge in [0.15, 0.2) is 5.96 Å². The van der Waals surface area contributed by atoms with Crippen molar-refractivity contribution in [1.82, 2.24) is 25.4 Å². The molecule has 0 saturated heterocycles. The van der Waals surface area contributed by atoms with Crippen LogP contribution in [0.1, 0.15) is 24.0 Å². The van der Waals surface area contributed by atoms with Gasteiger partial charge in [-0.1, -0.05) is 12.1 Å². The molecule has 27 heavy (non-hydrogen) atoms. The first-order chi connectivity index (χ1) is 12.5. The van der Waals surface area contributed by atoms with Crippen LogP contribution in [0.3, 0.4) is 0 Å². The predicted octanol–water partition coefficient (Wildman–Crippen LogP) is 3.10. The van der Waals surface area contributed by atoms with Crippen LogP contribution in [0.15, 0.2) is 41.9 Å². The van der Waals surface area contributed by atoms with E-state index in [1.807, 2.05) is 4.57 Å². The van der Waals surface area contributed by atoms with E-state index in [1.165, 1.54) is 12.1 Å². The van der Waals surface area contributed by atoms with E-state index in [9.17, 15) is 13.2 Å². The van der Waals surface area contributed by atoms with Gasteiger partial charge in [0, 0.05) is 26.7 Å². The first-order valence-corrected chi connectivity index (χ1v) is 8.42. The molecule has 0 aliphatic heterocycles. The molecule has 1 aromatic heterocycles. The average molecular weight is 496 g/mol. The first-order valence-electron chi connectivity index (χ1n) is 8.42. The molecule has 0 saturated carbocycles. The summed E-state index contributed by atoms with van der Waals surface area (Å²) in [7, 11) is 1.69. The summed E-state index contributed by atoms with van der Waals surface area (Å²) in [5.41, 5.74) is 0.216. The number of hydrogen-bond donors (Lipinski definition) is 2. The number of rotatable bonds is 8. The van der Waals surface area contributed by atoms with Crippen molar-refractivity contribution < 1.29 is 13.2 Å². The van der Waals surface area contributed by atoms with Crippen LogP contribution >= 0.6 is 24.0 Å². The van der Waals surface area contributed by atoms with Crippen molar-refractivity contribution in [3.8, 4) is 0 Å². The number of nitrogens with one attached hydrogen (secondary N) is 2. The predicted molar refractivity (Wildman–Crippen MR) is 109 cm³/mol. The van der Waals surface area contributed by atoms with E-state index >= 15 is 0 Å². The maximum Gasteiger partial charge on any atom is 0.416 e. The number of unbranched alkanes of at least 4 members (excludes halogenated alkanes) is 1. The zero-order valence-corrected chi connectivity index (χ0v) is 17.4. The SMILES string of the molecule is CN=C(NCCCCn1cnnc1)NCCc1ccc(C(F)(F)F)cc1.I. The highest BCUT2D eigenvalue weighted by Crippen LogP contribution is 2.29. The van der Waals surface area contributed by atoms with Gasteiger partial charge in [0.2, 0.25) is 0 Å². The summed E-state index contributed by atoms with van der Waals surface area (Å²) in [4.78, 5) is 4.13. The lowest BCUT2D eigenvalue weighted by atomic mass is 10.1. The standard InChI is InChI=1S/C17H23F3N6.HI/c1-21-16(22-9-2-3-11-26-12-24-25-13-26)23-10-8-14-4-6-15(7-5-14)17(18,19)20;/h4-7,12-13H,2-3,8-11H2,1H3,(H2,21,22,23);1H. The van der Waals surface area contributed by atoms with Crippen molar-refractivity contribution >= 4 is 29.9 Å². The minimum absolute atomic E-state index is 0. The normalized spacial score (nSPS) is 11.8. The third-order valence-electron chi connectivity index (χ3n) is 3.81. The molecule has 6 nitrogen and oxygen atoms in total. The number of aryl methyl sites for hydroxylation is 1. The molecular weight excluding hydrogens is 472 g/mol. The van der Waals surface area contributed by atoms with Gasteiger partial charge in [-0.3, -0.25) is 4.99 Å². The van der Waals surface area contributed by atoms with E-state index < -0.39 is 11.7 Å². The van der Waals surface area contributed by atoms with Gasteiger partial charge in [-0.2, -0.15) is 13.2 Å². The van der Waals surface area contributed by atoms with Gasteiger partial charge in [-0.05, 0) is 37.0 Å².